The van der Waals surface area contributed by atoms with Crippen molar-refractivity contribution in [2.75, 3.05) is 0 Å². The van der Waals surface area contributed by atoms with E-state index >= 15 is 0 Å². The van der Waals surface area contributed by atoms with Gasteiger partial charge in [0.05, 0.1) is 17.8 Å². The van der Waals surface area contributed by atoms with E-state index in [4.69, 9.17) is 0 Å². The zero-order chi connectivity index (χ0) is 16.5. The molecule has 0 bridgehead atoms. The average molecular weight is 319 g/mol. The van der Waals surface area contributed by atoms with Crippen molar-refractivity contribution in [1.29, 1.82) is 0 Å². The van der Waals surface area contributed by atoms with Gasteiger partial charge in [-0.25, -0.2) is 0 Å². The Balaban J connectivity index is 1.52. The minimum atomic E-state index is 0.0169. The van der Waals surface area contributed by atoms with Gasteiger partial charge in [0.15, 0.2) is 0 Å². The molecule has 24 heavy (non-hydrogen) atoms. The second kappa shape index (κ2) is 6.11. The highest BCUT2D eigenvalue weighted by atomic mass is 16.2. The van der Waals surface area contributed by atoms with Gasteiger partial charge in [-0.1, -0.05) is 36.4 Å². The Hall–Kier alpha value is -2.62. The van der Waals surface area contributed by atoms with Gasteiger partial charge in [-0.05, 0) is 48.9 Å². The van der Waals surface area contributed by atoms with Crippen LogP contribution < -0.4 is 5.32 Å². The first-order chi connectivity index (χ1) is 11.7. The average Bonchev–Trinajstić information content (AvgIpc) is 2.97. The van der Waals surface area contributed by atoms with Gasteiger partial charge >= 0.3 is 0 Å². The van der Waals surface area contributed by atoms with Crippen LogP contribution >= 0.6 is 0 Å². The standard InChI is InChI=1S/C20H21N3O/c1-14-9-10-16-12-21-23(19(16)11-14)13-20(24)22-18-8-4-6-15-5-2-3-7-17(15)18/h2-3,5,7,9-12,18H,4,6,8,13H2,1H3,(H,22,24)/t18-/m1/s1. The lowest BCUT2D eigenvalue weighted by molar-refractivity contribution is -0.122. The Kier molecular flexibility index (Phi) is 3.81. The Morgan fingerprint density at radius 3 is 3.08 bits per heavy atom. The first-order valence-electron chi connectivity index (χ1n) is 8.50. The summed E-state index contributed by atoms with van der Waals surface area (Å²) in [6, 6.07) is 14.7. The normalized spacial score (nSPS) is 16.8. The van der Waals surface area contributed by atoms with Crippen LogP contribution in [0.5, 0.6) is 0 Å². The molecule has 1 amide bonds. The van der Waals surface area contributed by atoms with Crippen LogP contribution in [0.2, 0.25) is 0 Å². The van der Waals surface area contributed by atoms with E-state index in [1.165, 1.54) is 16.7 Å². The molecule has 4 rings (SSSR count). The van der Waals surface area contributed by atoms with Crippen molar-refractivity contribution in [2.24, 2.45) is 0 Å². The molecule has 2 aromatic carbocycles. The maximum Gasteiger partial charge on any atom is 0.242 e. The van der Waals surface area contributed by atoms with Gasteiger partial charge in [0.2, 0.25) is 5.91 Å². The number of carbonyl (C=O) groups excluding carboxylic acids is 1. The molecule has 0 aliphatic heterocycles. The molecule has 0 spiro atoms. The topological polar surface area (TPSA) is 46.9 Å². The van der Waals surface area contributed by atoms with Crippen molar-refractivity contribution in [3.8, 4) is 0 Å². The van der Waals surface area contributed by atoms with Crippen molar-refractivity contribution < 1.29 is 4.79 Å². The predicted octanol–water partition coefficient (Wildman–Crippen LogP) is 3.54. The molecular weight excluding hydrogens is 298 g/mol. The fourth-order valence-corrected chi connectivity index (χ4v) is 3.59. The van der Waals surface area contributed by atoms with E-state index in [9.17, 15) is 4.79 Å². The van der Waals surface area contributed by atoms with Crippen LogP contribution in [0.25, 0.3) is 10.9 Å². The highest BCUT2D eigenvalue weighted by Crippen LogP contribution is 2.29. The molecule has 1 N–H and O–H groups in total. The minimum Gasteiger partial charge on any atom is -0.348 e. The molecule has 4 heteroatoms. The van der Waals surface area contributed by atoms with E-state index in [1.54, 1.807) is 4.68 Å². The highest BCUT2D eigenvalue weighted by Gasteiger charge is 2.21. The van der Waals surface area contributed by atoms with Crippen LogP contribution in [0, 0.1) is 6.92 Å². The Morgan fingerprint density at radius 1 is 1.29 bits per heavy atom. The Bertz CT molecular complexity index is 897. The highest BCUT2D eigenvalue weighted by molar-refractivity contribution is 5.82. The third kappa shape index (κ3) is 2.80. The molecular formula is C20H21N3O. The van der Waals surface area contributed by atoms with Crippen molar-refractivity contribution in [2.45, 2.75) is 38.8 Å². The summed E-state index contributed by atoms with van der Waals surface area (Å²) < 4.78 is 1.78. The number of nitrogens with one attached hydrogen (secondary N) is 1. The number of carbonyl (C=O) groups is 1. The van der Waals surface area contributed by atoms with E-state index in [0.29, 0.717) is 0 Å². The summed E-state index contributed by atoms with van der Waals surface area (Å²) in [5.41, 5.74) is 4.80. The predicted molar refractivity (Wildman–Crippen MR) is 94.7 cm³/mol. The molecule has 1 heterocycles. The summed E-state index contributed by atoms with van der Waals surface area (Å²) in [5.74, 6) is 0.0169. The van der Waals surface area contributed by atoms with Crippen LogP contribution in [0.15, 0.2) is 48.7 Å². The first kappa shape index (κ1) is 14.9. The quantitative estimate of drug-likeness (QED) is 0.802. The SMILES string of the molecule is Cc1ccc2cnn(CC(=O)N[C@@H]3CCCc4ccccc43)c2c1. The van der Waals surface area contributed by atoms with E-state index in [0.717, 1.165) is 30.2 Å². The number of fused-ring (bicyclic) bond motifs is 2. The number of benzene rings is 2. The Morgan fingerprint density at radius 2 is 2.17 bits per heavy atom. The van der Waals surface area contributed by atoms with Crippen LogP contribution in [-0.2, 0) is 17.8 Å². The number of hydrogen-bond donors (Lipinski definition) is 1. The molecule has 122 valence electrons. The van der Waals surface area contributed by atoms with Crippen molar-refractivity contribution in [3.05, 3.63) is 65.4 Å². The third-order valence-corrected chi connectivity index (χ3v) is 4.80. The molecule has 0 radical (unpaired) electrons. The lowest BCUT2D eigenvalue weighted by atomic mass is 9.88. The molecule has 1 atom stereocenters. The summed E-state index contributed by atoms with van der Waals surface area (Å²) in [6.45, 7) is 2.31. The molecule has 0 unspecified atom stereocenters. The maximum absolute atomic E-state index is 12.5. The fraction of sp³-hybridized carbons (Fsp3) is 0.300. The number of aromatic nitrogens is 2. The van der Waals surface area contributed by atoms with Gasteiger partial charge in [-0.3, -0.25) is 9.48 Å². The second-order valence-corrected chi connectivity index (χ2v) is 6.58. The molecule has 1 aromatic heterocycles. The Labute approximate surface area is 141 Å². The van der Waals surface area contributed by atoms with Gasteiger partial charge in [0.25, 0.3) is 0 Å². The van der Waals surface area contributed by atoms with E-state index < -0.39 is 0 Å². The smallest absolute Gasteiger partial charge is 0.242 e. The number of hydrogen-bond acceptors (Lipinski definition) is 2. The molecule has 4 nitrogen and oxygen atoms in total. The van der Waals surface area contributed by atoms with Gasteiger partial charge in [0, 0.05) is 5.39 Å². The summed E-state index contributed by atoms with van der Waals surface area (Å²) in [5, 5.41) is 8.63. The maximum atomic E-state index is 12.5. The number of nitrogens with zero attached hydrogens (tertiary/aromatic N) is 2. The molecule has 3 aromatic rings. The number of aryl methyl sites for hydroxylation is 2. The van der Waals surface area contributed by atoms with Crippen LogP contribution in [-0.4, -0.2) is 15.7 Å². The van der Waals surface area contributed by atoms with Crippen LogP contribution in [0.3, 0.4) is 0 Å². The number of amides is 1. The second-order valence-electron chi connectivity index (χ2n) is 6.58. The first-order valence-corrected chi connectivity index (χ1v) is 8.50. The molecule has 1 aliphatic carbocycles. The zero-order valence-electron chi connectivity index (χ0n) is 13.8. The van der Waals surface area contributed by atoms with Crippen LogP contribution in [0.4, 0.5) is 0 Å². The van der Waals surface area contributed by atoms with Crippen LogP contribution in [0.1, 0.15) is 35.6 Å². The summed E-state index contributed by atoms with van der Waals surface area (Å²) >= 11 is 0. The van der Waals surface area contributed by atoms with Gasteiger partial charge in [0.1, 0.15) is 6.54 Å². The van der Waals surface area contributed by atoms with E-state index in [2.05, 4.69) is 47.7 Å². The number of rotatable bonds is 3. The summed E-state index contributed by atoms with van der Waals surface area (Å²) in [6.07, 6.45) is 5.04. The van der Waals surface area contributed by atoms with E-state index in [1.807, 2.05) is 18.3 Å². The lowest BCUT2D eigenvalue weighted by Crippen LogP contribution is -2.33. The van der Waals surface area contributed by atoms with Crippen molar-refractivity contribution in [1.82, 2.24) is 15.1 Å². The van der Waals surface area contributed by atoms with Gasteiger partial charge < -0.3 is 5.32 Å². The minimum absolute atomic E-state index is 0.0169. The van der Waals surface area contributed by atoms with E-state index in [-0.39, 0.29) is 18.5 Å². The largest absolute Gasteiger partial charge is 0.348 e. The molecule has 1 aliphatic rings. The summed E-state index contributed by atoms with van der Waals surface area (Å²) in [7, 11) is 0. The zero-order valence-corrected chi connectivity index (χ0v) is 13.8. The lowest BCUT2D eigenvalue weighted by Gasteiger charge is -2.26. The van der Waals surface area contributed by atoms with Gasteiger partial charge in [-0.15, -0.1) is 0 Å². The summed E-state index contributed by atoms with van der Waals surface area (Å²) in [4.78, 5) is 12.5. The van der Waals surface area contributed by atoms with Crippen molar-refractivity contribution >= 4 is 16.8 Å². The fourth-order valence-electron chi connectivity index (χ4n) is 3.59. The molecule has 0 saturated carbocycles. The van der Waals surface area contributed by atoms with Gasteiger partial charge in [-0.2, -0.15) is 5.10 Å². The molecule has 0 fully saturated rings. The monoisotopic (exact) mass is 319 g/mol. The van der Waals surface area contributed by atoms with Crippen molar-refractivity contribution in [3.63, 3.8) is 0 Å². The third-order valence-electron chi connectivity index (χ3n) is 4.80. The molecule has 0 saturated heterocycles.